The van der Waals surface area contributed by atoms with E-state index in [1.165, 1.54) is 12.0 Å². The fourth-order valence-corrected chi connectivity index (χ4v) is 3.77. The van der Waals surface area contributed by atoms with Gasteiger partial charge in [-0.05, 0) is 36.8 Å². The van der Waals surface area contributed by atoms with Crippen molar-refractivity contribution in [1.29, 1.82) is 0 Å². The molecule has 2 aromatic rings. The lowest BCUT2D eigenvalue weighted by Gasteiger charge is -2.32. The van der Waals surface area contributed by atoms with E-state index in [0.29, 0.717) is 5.92 Å². The van der Waals surface area contributed by atoms with Crippen molar-refractivity contribution >= 4 is 5.97 Å². The molecule has 0 bridgehead atoms. The number of benzene rings is 2. The number of hydrogen-bond acceptors (Lipinski definition) is 2. The van der Waals surface area contributed by atoms with Crippen molar-refractivity contribution in [2.75, 3.05) is 0 Å². The average molecular weight is 322 g/mol. The monoisotopic (exact) mass is 322 g/mol. The van der Waals surface area contributed by atoms with E-state index < -0.39 is 0 Å². The molecule has 3 atom stereocenters. The first kappa shape index (κ1) is 16.8. The first-order chi connectivity index (χ1) is 11.8. The van der Waals surface area contributed by atoms with Gasteiger partial charge in [0.2, 0.25) is 0 Å². The summed E-state index contributed by atoms with van der Waals surface area (Å²) >= 11 is 0. The average Bonchev–Trinajstić information content (AvgIpc) is 2.64. The third-order valence-corrected chi connectivity index (χ3v) is 5.09. The third kappa shape index (κ3) is 3.87. The molecule has 1 aliphatic carbocycles. The fourth-order valence-electron chi connectivity index (χ4n) is 3.77. The summed E-state index contributed by atoms with van der Waals surface area (Å²) in [5.41, 5.74) is 2.35. The van der Waals surface area contributed by atoms with Gasteiger partial charge in [-0.3, -0.25) is 4.79 Å². The van der Waals surface area contributed by atoms with Crippen molar-refractivity contribution in [1.82, 2.24) is 0 Å². The van der Waals surface area contributed by atoms with Crippen LogP contribution in [0.25, 0.3) is 0 Å². The molecule has 1 aliphatic rings. The van der Waals surface area contributed by atoms with Gasteiger partial charge in [0.25, 0.3) is 0 Å². The molecule has 126 valence electrons. The topological polar surface area (TPSA) is 26.3 Å². The van der Waals surface area contributed by atoms with E-state index in [9.17, 15) is 4.79 Å². The molecule has 1 fully saturated rings. The van der Waals surface area contributed by atoms with Crippen molar-refractivity contribution in [3.63, 3.8) is 0 Å². The van der Waals surface area contributed by atoms with Crippen LogP contribution in [0.4, 0.5) is 0 Å². The first-order valence-electron chi connectivity index (χ1n) is 9.10. The molecule has 0 spiro atoms. The number of rotatable bonds is 5. The minimum absolute atomic E-state index is 0.00594. The van der Waals surface area contributed by atoms with E-state index in [-0.39, 0.29) is 18.0 Å². The predicted molar refractivity (Wildman–Crippen MR) is 97.0 cm³/mol. The van der Waals surface area contributed by atoms with Crippen LogP contribution in [0, 0.1) is 0 Å². The van der Waals surface area contributed by atoms with E-state index >= 15 is 0 Å². The molecular formula is C22H26O2. The maximum Gasteiger partial charge on any atom is 0.313 e. The van der Waals surface area contributed by atoms with Crippen molar-refractivity contribution in [2.45, 2.75) is 57.0 Å². The van der Waals surface area contributed by atoms with Gasteiger partial charge in [-0.1, -0.05) is 74.0 Å². The molecule has 0 radical (unpaired) electrons. The third-order valence-electron chi connectivity index (χ3n) is 5.09. The summed E-state index contributed by atoms with van der Waals surface area (Å²) in [6.45, 7) is 2.05. The van der Waals surface area contributed by atoms with Crippen LogP contribution in [0.5, 0.6) is 0 Å². The Morgan fingerprint density at radius 3 is 2.29 bits per heavy atom. The van der Waals surface area contributed by atoms with Gasteiger partial charge >= 0.3 is 5.97 Å². The fraction of sp³-hybridized carbons (Fsp3) is 0.409. The number of ether oxygens (including phenoxy) is 1. The zero-order valence-electron chi connectivity index (χ0n) is 14.4. The van der Waals surface area contributed by atoms with Crippen LogP contribution >= 0.6 is 0 Å². The minimum Gasteiger partial charge on any atom is -0.461 e. The van der Waals surface area contributed by atoms with Gasteiger partial charge in [0.1, 0.15) is 6.10 Å². The summed E-state index contributed by atoms with van der Waals surface area (Å²) in [5, 5.41) is 0. The minimum atomic E-state index is -0.162. The predicted octanol–water partition coefficient (Wildman–Crippen LogP) is 5.45. The summed E-state index contributed by atoms with van der Waals surface area (Å²) in [4.78, 5) is 12.8. The molecule has 0 amide bonds. The van der Waals surface area contributed by atoms with Gasteiger partial charge in [0.15, 0.2) is 0 Å². The first-order valence-corrected chi connectivity index (χ1v) is 9.10. The second-order valence-electron chi connectivity index (χ2n) is 6.65. The molecule has 0 aromatic heterocycles. The molecule has 24 heavy (non-hydrogen) atoms. The van der Waals surface area contributed by atoms with Crippen molar-refractivity contribution < 1.29 is 9.53 Å². The summed E-state index contributed by atoms with van der Waals surface area (Å²) in [6, 6.07) is 20.5. The van der Waals surface area contributed by atoms with Gasteiger partial charge in [0.05, 0.1) is 5.92 Å². The lowest BCUT2D eigenvalue weighted by molar-refractivity contribution is -0.153. The van der Waals surface area contributed by atoms with Crippen molar-refractivity contribution in [3.05, 3.63) is 71.8 Å². The highest BCUT2D eigenvalue weighted by Gasteiger charge is 2.31. The Morgan fingerprint density at radius 2 is 1.62 bits per heavy atom. The van der Waals surface area contributed by atoms with Gasteiger partial charge in [-0.15, -0.1) is 0 Å². The Kier molecular flexibility index (Phi) is 5.68. The van der Waals surface area contributed by atoms with Crippen molar-refractivity contribution in [2.24, 2.45) is 0 Å². The largest absolute Gasteiger partial charge is 0.461 e. The van der Waals surface area contributed by atoms with Gasteiger partial charge in [-0.2, -0.15) is 0 Å². The summed E-state index contributed by atoms with van der Waals surface area (Å²) in [5.74, 6) is 0.0956. The van der Waals surface area contributed by atoms with Gasteiger partial charge in [0, 0.05) is 5.92 Å². The molecule has 0 unspecified atom stereocenters. The van der Waals surface area contributed by atoms with Crippen LogP contribution in [-0.4, -0.2) is 12.1 Å². The van der Waals surface area contributed by atoms with Crippen LogP contribution in [0.15, 0.2) is 60.7 Å². The molecule has 0 N–H and O–H groups in total. The maximum absolute atomic E-state index is 12.8. The summed E-state index contributed by atoms with van der Waals surface area (Å²) in [6.07, 6.45) is 5.20. The van der Waals surface area contributed by atoms with Crippen LogP contribution in [0.1, 0.15) is 62.0 Å². The van der Waals surface area contributed by atoms with Crippen molar-refractivity contribution in [3.8, 4) is 0 Å². The lowest BCUT2D eigenvalue weighted by Crippen LogP contribution is -2.30. The van der Waals surface area contributed by atoms with E-state index in [4.69, 9.17) is 4.74 Å². The van der Waals surface area contributed by atoms with Crippen LogP contribution < -0.4 is 0 Å². The highest BCUT2D eigenvalue weighted by Crippen LogP contribution is 2.36. The molecule has 2 heteroatoms. The quantitative estimate of drug-likeness (QED) is 0.684. The Bertz CT molecular complexity index is 636. The molecule has 0 aliphatic heterocycles. The zero-order valence-corrected chi connectivity index (χ0v) is 14.4. The Balaban J connectivity index is 1.74. The molecule has 0 saturated heterocycles. The van der Waals surface area contributed by atoms with Gasteiger partial charge < -0.3 is 4.74 Å². The molecule has 1 saturated carbocycles. The van der Waals surface area contributed by atoms with Crippen LogP contribution in [-0.2, 0) is 9.53 Å². The van der Waals surface area contributed by atoms with E-state index in [1.807, 2.05) is 36.4 Å². The summed E-state index contributed by atoms with van der Waals surface area (Å²) in [7, 11) is 0. The standard InChI is InChI=1S/C22H26O2/c1-2-19(17-11-5-3-6-12-17)22(23)24-21-16-10-9-15-20(21)18-13-7-4-8-14-18/h3-8,11-14,19-21H,2,9-10,15-16H2,1H3/t19-,20-,21+/m1/s1. The van der Waals surface area contributed by atoms with E-state index in [1.54, 1.807) is 0 Å². The Hall–Kier alpha value is -2.09. The van der Waals surface area contributed by atoms with Gasteiger partial charge in [-0.25, -0.2) is 0 Å². The normalized spacial score (nSPS) is 21.9. The molecule has 3 rings (SSSR count). The SMILES string of the molecule is CC[C@@H](C(=O)O[C@H]1CCCC[C@@H]1c1ccccc1)c1ccccc1. The molecule has 0 heterocycles. The van der Waals surface area contributed by atoms with Crippen LogP contribution in [0.2, 0.25) is 0 Å². The highest BCUT2D eigenvalue weighted by atomic mass is 16.5. The number of esters is 1. The second-order valence-corrected chi connectivity index (χ2v) is 6.65. The summed E-state index contributed by atoms with van der Waals surface area (Å²) < 4.78 is 6.03. The number of carbonyl (C=O) groups is 1. The van der Waals surface area contributed by atoms with E-state index in [2.05, 4.69) is 31.2 Å². The Labute approximate surface area is 144 Å². The molecule has 2 nitrogen and oxygen atoms in total. The molecular weight excluding hydrogens is 296 g/mol. The molecule has 2 aromatic carbocycles. The second kappa shape index (κ2) is 8.14. The Morgan fingerprint density at radius 1 is 1.00 bits per heavy atom. The van der Waals surface area contributed by atoms with E-state index in [0.717, 1.165) is 31.2 Å². The number of hydrogen-bond donors (Lipinski definition) is 0. The zero-order chi connectivity index (χ0) is 16.8. The maximum atomic E-state index is 12.8. The lowest BCUT2D eigenvalue weighted by atomic mass is 9.81. The van der Waals surface area contributed by atoms with Crippen LogP contribution in [0.3, 0.4) is 0 Å². The highest BCUT2D eigenvalue weighted by molar-refractivity contribution is 5.78. The number of carbonyl (C=O) groups excluding carboxylic acids is 1. The smallest absolute Gasteiger partial charge is 0.313 e.